The summed E-state index contributed by atoms with van der Waals surface area (Å²) in [5.41, 5.74) is 0.193. The lowest BCUT2D eigenvalue weighted by molar-refractivity contribution is 0.0696. The zero-order chi connectivity index (χ0) is 10.0. The van der Waals surface area contributed by atoms with E-state index in [9.17, 15) is 9.59 Å². The maximum atomic E-state index is 10.9. The Bertz CT molecular complexity index is 343. The molecule has 0 aliphatic heterocycles. The normalized spacial score (nSPS) is 9.69. The quantitative estimate of drug-likeness (QED) is 0.635. The number of aromatic nitrogens is 1. The second-order valence-electron chi connectivity index (χ2n) is 2.43. The minimum absolute atomic E-state index is 0.0482. The van der Waals surface area contributed by atoms with Crippen molar-refractivity contribution in [3.05, 3.63) is 28.0 Å². The summed E-state index contributed by atoms with van der Waals surface area (Å²) >= 11 is 3.02. The molecule has 1 rings (SSSR count). The number of halogens is 1. The fraction of sp³-hybridized carbons (Fsp3) is 0.125. The third-order valence-corrected chi connectivity index (χ3v) is 1.81. The molecule has 0 radical (unpaired) electrons. The lowest BCUT2D eigenvalue weighted by Gasteiger charge is -1.98. The molecule has 0 saturated heterocycles. The number of hydrogen-bond donors (Lipinski definition) is 1. The molecule has 5 heteroatoms. The lowest BCUT2D eigenvalue weighted by atomic mass is 10.2. The minimum Gasteiger partial charge on any atom is -0.478 e. The van der Waals surface area contributed by atoms with Crippen LogP contribution in [0.15, 0.2) is 16.7 Å². The molecule has 1 aromatic heterocycles. The summed E-state index contributed by atoms with van der Waals surface area (Å²) in [7, 11) is 0. The number of aromatic carboxylic acids is 1. The van der Waals surface area contributed by atoms with Gasteiger partial charge in [0.2, 0.25) is 0 Å². The van der Waals surface area contributed by atoms with E-state index in [1.54, 1.807) is 0 Å². The van der Waals surface area contributed by atoms with Crippen LogP contribution < -0.4 is 0 Å². The average Bonchev–Trinajstić information content (AvgIpc) is 2.03. The monoisotopic (exact) mass is 243 g/mol. The minimum atomic E-state index is -1.08. The van der Waals surface area contributed by atoms with Crippen molar-refractivity contribution in [1.82, 2.24) is 4.98 Å². The van der Waals surface area contributed by atoms with Gasteiger partial charge in [0.15, 0.2) is 5.78 Å². The van der Waals surface area contributed by atoms with E-state index in [1.165, 1.54) is 19.1 Å². The summed E-state index contributed by atoms with van der Waals surface area (Å²) in [6, 6.07) is 2.59. The van der Waals surface area contributed by atoms with E-state index < -0.39 is 5.97 Å². The largest absolute Gasteiger partial charge is 0.478 e. The number of rotatable bonds is 2. The van der Waals surface area contributed by atoms with Gasteiger partial charge in [-0.05, 0) is 28.1 Å². The predicted molar refractivity (Wildman–Crippen MR) is 48.9 cm³/mol. The van der Waals surface area contributed by atoms with Crippen LogP contribution in [0, 0.1) is 0 Å². The molecule has 1 aromatic rings. The number of carbonyl (C=O) groups excluding carboxylic acids is 1. The van der Waals surface area contributed by atoms with Crippen LogP contribution in [-0.2, 0) is 0 Å². The molecule has 0 aromatic carbocycles. The zero-order valence-electron chi connectivity index (χ0n) is 6.74. The van der Waals surface area contributed by atoms with Crippen molar-refractivity contribution in [3.63, 3.8) is 0 Å². The molecule has 0 fully saturated rings. The standard InChI is InChI=1S/C8H6BrNO3/c1-4(11)6-2-5(8(12)13)3-7(9)10-6/h2-3H,1H3,(H,12,13). The van der Waals surface area contributed by atoms with Crippen LogP contribution in [0.2, 0.25) is 0 Å². The van der Waals surface area contributed by atoms with E-state index in [0.717, 1.165) is 0 Å². The predicted octanol–water partition coefficient (Wildman–Crippen LogP) is 1.74. The van der Waals surface area contributed by atoms with E-state index >= 15 is 0 Å². The molecule has 1 N–H and O–H groups in total. The Hall–Kier alpha value is -1.23. The van der Waals surface area contributed by atoms with Crippen LogP contribution in [0.1, 0.15) is 27.8 Å². The second-order valence-corrected chi connectivity index (χ2v) is 3.24. The number of pyridine rings is 1. The summed E-state index contributed by atoms with van der Waals surface area (Å²) in [4.78, 5) is 25.3. The number of nitrogens with zero attached hydrogens (tertiary/aromatic N) is 1. The first-order valence-electron chi connectivity index (χ1n) is 3.42. The number of Topliss-reactive ketones (excluding diaryl/α,β-unsaturated/α-hetero) is 1. The molecule has 0 bridgehead atoms. The van der Waals surface area contributed by atoms with Gasteiger partial charge in [-0.3, -0.25) is 4.79 Å². The molecule has 1 heterocycles. The highest BCUT2D eigenvalue weighted by Crippen LogP contribution is 2.12. The summed E-state index contributed by atoms with van der Waals surface area (Å²) in [6.45, 7) is 1.33. The summed E-state index contributed by atoms with van der Waals surface area (Å²) in [5, 5.41) is 8.66. The van der Waals surface area contributed by atoms with Gasteiger partial charge in [-0.1, -0.05) is 0 Å². The van der Waals surface area contributed by atoms with E-state index in [2.05, 4.69) is 20.9 Å². The molecular weight excluding hydrogens is 238 g/mol. The zero-order valence-corrected chi connectivity index (χ0v) is 8.33. The summed E-state index contributed by atoms with van der Waals surface area (Å²) in [5.74, 6) is -1.34. The number of carbonyl (C=O) groups is 2. The van der Waals surface area contributed by atoms with E-state index in [-0.39, 0.29) is 17.0 Å². The first kappa shape index (κ1) is 9.85. The Morgan fingerprint density at radius 2 is 2.08 bits per heavy atom. The van der Waals surface area contributed by atoms with Crippen molar-refractivity contribution >= 4 is 27.7 Å². The number of carboxylic acid groups (broad SMARTS) is 1. The summed E-state index contributed by atoms with van der Waals surface area (Å²) in [6.07, 6.45) is 0. The van der Waals surface area contributed by atoms with Gasteiger partial charge in [0.05, 0.1) is 5.56 Å². The third-order valence-electron chi connectivity index (χ3n) is 1.40. The van der Waals surface area contributed by atoms with E-state index in [1.807, 2.05) is 0 Å². The molecule has 0 spiro atoms. The lowest BCUT2D eigenvalue weighted by Crippen LogP contribution is -2.03. The number of hydrogen-bond acceptors (Lipinski definition) is 3. The smallest absolute Gasteiger partial charge is 0.335 e. The van der Waals surface area contributed by atoms with Crippen molar-refractivity contribution in [2.24, 2.45) is 0 Å². The van der Waals surface area contributed by atoms with Gasteiger partial charge in [0.25, 0.3) is 0 Å². The molecule has 0 unspecified atom stereocenters. The highest BCUT2D eigenvalue weighted by Gasteiger charge is 2.09. The Balaban J connectivity index is 3.26. The van der Waals surface area contributed by atoms with Crippen LogP contribution in [-0.4, -0.2) is 21.8 Å². The molecule has 13 heavy (non-hydrogen) atoms. The van der Waals surface area contributed by atoms with E-state index in [0.29, 0.717) is 4.60 Å². The summed E-state index contributed by atoms with van der Waals surface area (Å²) < 4.78 is 0.345. The molecule has 0 saturated carbocycles. The fourth-order valence-electron chi connectivity index (χ4n) is 0.801. The van der Waals surface area contributed by atoms with Crippen LogP contribution in [0.25, 0.3) is 0 Å². The second kappa shape index (κ2) is 3.66. The van der Waals surface area contributed by atoms with Crippen LogP contribution in [0.3, 0.4) is 0 Å². The van der Waals surface area contributed by atoms with Crippen molar-refractivity contribution in [3.8, 4) is 0 Å². The fourth-order valence-corrected chi connectivity index (χ4v) is 1.24. The van der Waals surface area contributed by atoms with Crippen LogP contribution in [0.4, 0.5) is 0 Å². The van der Waals surface area contributed by atoms with Gasteiger partial charge in [-0.25, -0.2) is 9.78 Å². The Morgan fingerprint density at radius 1 is 1.46 bits per heavy atom. The third kappa shape index (κ3) is 2.35. The molecule has 68 valence electrons. The highest BCUT2D eigenvalue weighted by atomic mass is 79.9. The maximum Gasteiger partial charge on any atom is 0.335 e. The van der Waals surface area contributed by atoms with Crippen molar-refractivity contribution in [2.75, 3.05) is 0 Å². The Kier molecular flexibility index (Phi) is 2.77. The van der Waals surface area contributed by atoms with Crippen molar-refractivity contribution < 1.29 is 14.7 Å². The van der Waals surface area contributed by atoms with Crippen LogP contribution >= 0.6 is 15.9 Å². The van der Waals surface area contributed by atoms with Gasteiger partial charge < -0.3 is 5.11 Å². The Labute approximate surface area is 82.7 Å². The topological polar surface area (TPSA) is 67.3 Å². The SMILES string of the molecule is CC(=O)c1cc(C(=O)O)cc(Br)n1. The Morgan fingerprint density at radius 3 is 2.54 bits per heavy atom. The highest BCUT2D eigenvalue weighted by molar-refractivity contribution is 9.10. The number of carboxylic acids is 1. The van der Waals surface area contributed by atoms with Gasteiger partial charge in [-0.2, -0.15) is 0 Å². The molecule has 0 aliphatic rings. The molecule has 4 nitrogen and oxygen atoms in total. The van der Waals surface area contributed by atoms with Crippen molar-refractivity contribution in [2.45, 2.75) is 6.92 Å². The molecular formula is C8H6BrNO3. The van der Waals surface area contributed by atoms with E-state index in [4.69, 9.17) is 5.11 Å². The van der Waals surface area contributed by atoms with Crippen LogP contribution in [0.5, 0.6) is 0 Å². The number of ketones is 1. The van der Waals surface area contributed by atoms with Gasteiger partial charge in [0, 0.05) is 6.92 Å². The van der Waals surface area contributed by atoms with Crippen molar-refractivity contribution in [1.29, 1.82) is 0 Å². The van der Waals surface area contributed by atoms with Gasteiger partial charge in [0.1, 0.15) is 10.3 Å². The molecule has 0 amide bonds. The maximum absolute atomic E-state index is 10.9. The first-order chi connectivity index (χ1) is 6.00. The average molecular weight is 244 g/mol. The van der Waals surface area contributed by atoms with Gasteiger partial charge in [-0.15, -0.1) is 0 Å². The molecule has 0 aliphatic carbocycles. The first-order valence-corrected chi connectivity index (χ1v) is 4.22. The van der Waals surface area contributed by atoms with Gasteiger partial charge >= 0.3 is 5.97 Å². The molecule has 0 atom stereocenters.